The number of benzene rings is 3. The zero-order valence-electron chi connectivity index (χ0n) is 21.8. The fraction of sp³-hybridized carbons (Fsp3) is 0.344. The first-order chi connectivity index (χ1) is 18.6. The van der Waals surface area contributed by atoms with Gasteiger partial charge < -0.3 is 23.7 Å². The lowest BCUT2D eigenvalue weighted by atomic mass is 9.92. The number of esters is 1. The normalized spacial score (nSPS) is 23.0. The molecule has 1 aliphatic heterocycles. The molecule has 5 atom stereocenters. The van der Waals surface area contributed by atoms with Crippen LogP contribution in [0.1, 0.15) is 30.0 Å². The van der Waals surface area contributed by atoms with Crippen molar-refractivity contribution in [3.63, 3.8) is 0 Å². The molecular formula is C32H36O6. The summed E-state index contributed by atoms with van der Waals surface area (Å²) in [5.74, 6) is -0.375. The molecule has 0 radical (unpaired) electrons. The second kappa shape index (κ2) is 14.6. The van der Waals surface area contributed by atoms with Crippen molar-refractivity contribution in [2.45, 2.75) is 63.7 Å². The van der Waals surface area contributed by atoms with E-state index < -0.39 is 24.4 Å². The lowest BCUT2D eigenvalue weighted by Gasteiger charge is -2.46. The standard InChI is InChI=1S/C32H36O6/c1-3-13-28-30(35-20-25-14-7-4-8-15-25)32(37-22-27-18-11-6-12-19-27)31(29(38-28)23-34-24(2)33)36-21-26-16-9-5-10-17-26/h3-12,14-19,28-32H,1,13,20-23H2,2H3/t28?,29-,30-,31-,32-/m1/s1. The summed E-state index contributed by atoms with van der Waals surface area (Å²) in [7, 11) is 0. The SMILES string of the molecule is C=CCC1O[C@H](COC(C)=O)[C@@H](OCc2ccccc2)[C@H](OCc2ccccc2)[C@@H]1OCc1ccccc1. The molecule has 0 aromatic heterocycles. The lowest BCUT2D eigenvalue weighted by Crippen LogP contribution is -2.61. The zero-order valence-corrected chi connectivity index (χ0v) is 21.8. The van der Waals surface area contributed by atoms with Crippen molar-refractivity contribution < 1.29 is 28.5 Å². The van der Waals surface area contributed by atoms with Crippen molar-refractivity contribution in [3.05, 3.63) is 120 Å². The average Bonchev–Trinajstić information content (AvgIpc) is 2.95. The van der Waals surface area contributed by atoms with Crippen molar-refractivity contribution in [1.29, 1.82) is 0 Å². The van der Waals surface area contributed by atoms with E-state index in [4.69, 9.17) is 23.7 Å². The number of hydrogen-bond donors (Lipinski definition) is 0. The molecule has 0 bridgehead atoms. The molecule has 1 aliphatic rings. The summed E-state index contributed by atoms with van der Waals surface area (Å²) in [5.41, 5.74) is 3.12. The van der Waals surface area contributed by atoms with E-state index in [0.29, 0.717) is 26.2 Å². The highest BCUT2D eigenvalue weighted by atomic mass is 16.6. The van der Waals surface area contributed by atoms with E-state index in [1.165, 1.54) is 6.92 Å². The minimum Gasteiger partial charge on any atom is -0.463 e. The molecule has 4 rings (SSSR count). The van der Waals surface area contributed by atoms with Crippen LogP contribution in [0.15, 0.2) is 104 Å². The molecule has 0 amide bonds. The number of carbonyl (C=O) groups is 1. The summed E-state index contributed by atoms with van der Waals surface area (Å²) in [6.45, 7) is 6.50. The highest BCUT2D eigenvalue weighted by molar-refractivity contribution is 5.65. The van der Waals surface area contributed by atoms with Crippen molar-refractivity contribution in [2.75, 3.05) is 6.61 Å². The fourth-order valence-electron chi connectivity index (χ4n) is 4.57. The summed E-state index contributed by atoms with van der Waals surface area (Å²) in [5, 5.41) is 0. The van der Waals surface area contributed by atoms with E-state index in [1.807, 2.05) is 97.1 Å². The summed E-state index contributed by atoms with van der Waals surface area (Å²) in [4.78, 5) is 11.7. The Morgan fingerprint density at radius 1 is 0.711 bits per heavy atom. The van der Waals surface area contributed by atoms with E-state index in [9.17, 15) is 4.79 Å². The van der Waals surface area contributed by atoms with Gasteiger partial charge in [-0.1, -0.05) is 97.1 Å². The van der Waals surface area contributed by atoms with Crippen LogP contribution >= 0.6 is 0 Å². The first-order valence-electron chi connectivity index (χ1n) is 13.0. The molecule has 1 heterocycles. The number of rotatable bonds is 13. The molecule has 6 heteroatoms. The number of ether oxygens (including phenoxy) is 5. The Kier molecular flexibility index (Phi) is 10.7. The van der Waals surface area contributed by atoms with E-state index >= 15 is 0 Å². The van der Waals surface area contributed by atoms with Crippen molar-refractivity contribution in [1.82, 2.24) is 0 Å². The average molecular weight is 517 g/mol. The van der Waals surface area contributed by atoms with Crippen LogP contribution in [-0.4, -0.2) is 43.1 Å². The Balaban J connectivity index is 1.62. The lowest BCUT2D eigenvalue weighted by molar-refractivity contribution is -0.270. The van der Waals surface area contributed by atoms with Crippen LogP contribution in [0.4, 0.5) is 0 Å². The molecule has 0 N–H and O–H groups in total. The zero-order chi connectivity index (χ0) is 26.6. The summed E-state index contributed by atoms with van der Waals surface area (Å²) >= 11 is 0. The molecule has 0 spiro atoms. The smallest absolute Gasteiger partial charge is 0.302 e. The van der Waals surface area contributed by atoms with E-state index in [0.717, 1.165) is 16.7 Å². The largest absolute Gasteiger partial charge is 0.463 e. The third-order valence-corrected chi connectivity index (χ3v) is 6.44. The predicted octanol–water partition coefficient (Wildman–Crippen LogP) is 5.65. The van der Waals surface area contributed by atoms with Gasteiger partial charge >= 0.3 is 5.97 Å². The topological polar surface area (TPSA) is 63.2 Å². The predicted molar refractivity (Wildman–Crippen MR) is 145 cm³/mol. The summed E-state index contributed by atoms with van der Waals surface area (Å²) < 4.78 is 31.4. The molecule has 1 saturated heterocycles. The van der Waals surface area contributed by atoms with Crippen LogP contribution in [0.5, 0.6) is 0 Å². The molecule has 1 unspecified atom stereocenters. The van der Waals surface area contributed by atoms with Crippen molar-refractivity contribution in [3.8, 4) is 0 Å². The van der Waals surface area contributed by atoms with Gasteiger partial charge in [-0.3, -0.25) is 4.79 Å². The molecule has 6 nitrogen and oxygen atoms in total. The first kappa shape index (κ1) is 27.7. The quantitative estimate of drug-likeness (QED) is 0.216. The molecule has 3 aromatic carbocycles. The van der Waals surface area contributed by atoms with Crippen molar-refractivity contribution in [2.24, 2.45) is 0 Å². The second-order valence-corrected chi connectivity index (χ2v) is 9.32. The van der Waals surface area contributed by atoms with Gasteiger partial charge in [0.25, 0.3) is 0 Å². The van der Waals surface area contributed by atoms with Gasteiger partial charge in [-0.05, 0) is 23.1 Å². The van der Waals surface area contributed by atoms with Gasteiger partial charge in [0.2, 0.25) is 0 Å². The Hall–Kier alpha value is -3.29. The van der Waals surface area contributed by atoms with Crippen LogP contribution in [0.25, 0.3) is 0 Å². The third kappa shape index (κ3) is 8.10. The minimum atomic E-state index is -0.542. The molecule has 0 saturated carbocycles. The van der Waals surface area contributed by atoms with Gasteiger partial charge in [0.15, 0.2) is 0 Å². The van der Waals surface area contributed by atoms with Gasteiger partial charge in [0.1, 0.15) is 31.0 Å². The molecule has 0 aliphatic carbocycles. The van der Waals surface area contributed by atoms with E-state index in [2.05, 4.69) is 6.58 Å². The summed E-state index contributed by atoms with van der Waals surface area (Å²) in [6, 6.07) is 29.9. The summed E-state index contributed by atoms with van der Waals surface area (Å²) in [6.07, 6.45) is 0.00524. The Morgan fingerprint density at radius 2 is 1.13 bits per heavy atom. The van der Waals surface area contributed by atoms with Crippen LogP contribution in [0, 0.1) is 0 Å². The molecule has 1 fully saturated rings. The monoisotopic (exact) mass is 516 g/mol. The maximum Gasteiger partial charge on any atom is 0.302 e. The van der Waals surface area contributed by atoms with Gasteiger partial charge in [0.05, 0.1) is 25.9 Å². The maximum absolute atomic E-state index is 11.7. The molecule has 200 valence electrons. The fourth-order valence-corrected chi connectivity index (χ4v) is 4.57. The van der Waals surface area contributed by atoms with E-state index in [-0.39, 0.29) is 18.7 Å². The highest BCUT2D eigenvalue weighted by Crippen LogP contribution is 2.32. The van der Waals surface area contributed by atoms with Gasteiger partial charge in [0, 0.05) is 6.92 Å². The Bertz CT molecular complexity index is 1100. The van der Waals surface area contributed by atoms with Crippen LogP contribution in [0.2, 0.25) is 0 Å². The van der Waals surface area contributed by atoms with Crippen molar-refractivity contribution >= 4 is 5.97 Å². The Morgan fingerprint density at radius 3 is 1.55 bits per heavy atom. The highest BCUT2D eigenvalue weighted by Gasteiger charge is 2.48. The van der Waals surface area contributed by atoms with Crippen LogP contribution in [0.3, 0.4) is 0 Å². The van der Waals surface area contributed by atoms with Gasteiger partial charge in [-0.2, -0.15) is 0 Å². The minimum absolute atomic E-state index is 0.0546. The first-order valence-corrected chi connectivity index (χ1v) is 13.0. The molecule has 3 aromatic rings. The Labute approximate surface area is 225 Å². The number of hydrogen-bond acceptors (Lipinski definition) is 6. The van der Waals surface area contributed by atoms with Gasteiger partial charge in [-0.15, -0.1) is 6.58 Å². The maximum atomic E-state index is 11.7. The van der Waals surface area contributed by atoms with Crippen LogP contribution in [-0.2, 0) is 48.3 Å². The van der Waals surface area contributed by atoms with E-state index in [1.54, 1.807) is 0 Å². The third-order valence-electron chi connectivity index (χ3n) is 6.44. The number of carbonyl (C=O) groups excluding carboxylic acids is 1. The van der Waals surface area contributed by atoms with Gasteiger partial charge in [-0.25, -0.2) is 0 Å². The molecular weight excluding hydrogens is 480 g/mol. The second-order valence-electron chi connectivity index (χ2n) is 9.32. The molecule has 38 heavy (non-hydrogen) atoms. The van der Waals surface area contributed by atoms with Crippen LogP contribution < -0.4 is 0 Å².